The molecule has 1 saturated heterocycles. The zero-order valence-corrected chi connectivity index (χ0v) is 18.3. The van der Waals surface area contributed by atoms with E-state index in [4.69, 9.17) is 9.57 Å². The molecule has 0 spiro atoms. The summed E-state index contributed by atoms with van der Waals surface area (Å²) in [5.41, 5.74) is 4.01. The largest absolute Gasteiger partial charge is 0.489 e. The first-order valence-corrected chi connectivity index (χ1v) is 11.1. The van der Waals surface area contributed by atoms with E-state index in [-0.39, 0.29) is 0 Å². The summed E-state index contributed by atoms with van der Waals surface area (Å²) in [5, 5.41) is 11.9. The number of hydrogen-bond acceptors (Lipinski definition) is 5. The molecule has 32 heavy (non-hydrogen) atoms. The number of rotatable bonds is 7. The first-order chi connectivity index (χ1) is 15.6. The minimum atomic E-state index is -0.795. The van der Waals surface area contributed by atoms with Gasteiger partial charge in [0.1, 0.15) is 18.6 Å². The molecule has 1 aliphatic heterocycles. The van der Waals surface area contributed by atoms with Crippen LogP contribution in [0.15, 0.2) is 78.9 Å². The monoisotopic (exact) mass is 431 g/mol. The third-order valence-electron chi connectivity index (χ3n) is 5.82. The number of piperidine rings is 1. The molecule has 0 aromatic heterocycles. The lowest BCUT2D eigenvalue weighted by molar-refractivity contribution is -0.219. The highest BCUT2D eigenvalue weighted by atomic mass is 16.7. The lowest BCUT2D eigenvalue weighted by atomic mass is 9.90. The minimum absolute atomic E-state index is 0.365. The average molecular weight is 432 g/mol. The molecule has 0 bridgehead atoms. The summed E-state index contributed by atoms with van der Waals surface area (Å²) < 4.78 is 5.76. The van der Waals surface area contributed by atoms with Crippen molar-refractivity contribution in [1.82, 2.24) is 5.06 Å². The molecule has 2 unspecified atom stereocenters. The Morgan fingerprint density at radius 3 is 2.38 bits per heavy atom. The van der Waals surface area contributed by atoms with Crippen LogP contribution in [0.5, 0.6) is 5.75 Å². The smallest absolute Gasteiger partial charge is 0.357 e. The van der Waals surface area contributed by atoms with Crippen LogP contribution < -0.4 is 4.74 Å². The van der Waals surface area contributed by atoms with Crippen LogP contribution in [0.25, 0.3) is 0 Å². The highest BCUT2D eigenvalue weighted by molar-refractivity contribution is 5.89. The zero-order valence-electron chi connectivity index (χ0n) is 18.3. The van der Waals surface area contributed by atoms with Crippen molar-refractivity contribution in [2.75, 3.05) is 6.54 Å². The Morgan fingerprint density at radius 2 is 1.69 bits per heavy atom. The van der Waals surface area contributed by atoms with Crippen LogP contribution in [-0.4, -0.2) is 28.9 Å². The van der Waals surface area contributed by atoms with Crippen molar-refractivity contribution in [2.24, 2.45) is 5.92 Å². The Balaban J connectivity index is 1.26. The molecule has 0 saturated carbocycles. The van der Waals surface area contributed by atoms with Gasteiger partial charge in [-0.25, -0.2) is 4.79 Å². The number of aliphatic hydroxyl groups excluding tert-OH is 1. The Hall–Kier alpha value is -3.15. The van der Waals surface area contributed by atoms with Gasteiger partial charge in [-0.15, -0.1) is 5.06 Å². The summed E-state index contributed by atoms with van der Waals surface area (Å²) >= 11 is 0. The molecule has 166 valence electrons. The third kappa shape index (κ3) is 5.96. The maximum Gasteiger partial charge on any atom is 0.357 e. The highest BCUT2D eigenvalue weighted by Gasteiger charge is 2.30. The van der Waals surface area contributed by atoms with Crippen LogP contribution in [-0.2, 0) is 17.9 Å². The fourth-order valence-corrected chi connectivity index (χ4v) is 3.93. The van der Waals surface area contributed by atoms with Gasteiger partial charge in [0.2, 0.25) is 0 Å². The van der Waals surface area contributed by atoms with Gasteiger partial charge in [-0.3, -0.25) is 0 Å². The van der Waals surface area contributed by atoms with Crippen LogP contribution in [0, 0.1) is 12.8 Å². The van der Waals surface area contributed by atoms with Crippen LogP contribution >= 0.6 is 0 Å². The maximum absolute atomic E-state index is 12.5. The Bertz CT molecular complexity index is 1000. The van der Waals surface area contributed by atoms with E-state index in [1.807, 2.05) is 30.3 Å². The molecule has 3 aromatic carbocycles. The molecule has 1 N–H and O–H groups in total. The number of hydroxylamine groups is 2. The van der Waals surface area contributed by atoms with Crippen molar-refractivity contribution in [3.8, 4) is 5.75 Å². The molecule has 2 atom stereocenters. The van der Waals surface area contributed by atoms with Crippen LogP contribution in [0.4, 0.5) is 0 Å². The van der Waals surface area contributed by atoms with E-state index < -0.39 is 12.2 Å². The average Bonchev–Trinajstić information content (AvgIpc) is 2.82. The standard InChI is InChI=1S/C27H29NO4/c1-20-7-9-21(10-8-20)17-23-15-16-28(26(29)18-23)32-27(30)24-11-13-25(14-12-24)31-19-22-5-3-2-4-6-22/h2-14,23,26,29H,15-19H2,1H3. The zero-order chi connectivity index (χ0) is 22.3. The van der Waals surface area contributed by atoms with Gasteiger partial charge in [0.05, 0.1) is 5.56 Å². The van der Waals surface area contributed by atoms with Gasteiger partial charge in [-0.1, -0.05) is 60.2 Å². The van der Waals surface area contributed by atoms with E-state index in [2.05, 4.69) is 31.2 Å². The fourth-order valence-electron chi connectivity index (χ4n) is 3.93. The maximum atomic E-state index is 12.5. The predicted molar refractivity (Wildman–Crippen MR) is 123 cm³/mol. The molecule has 1 fully saturated rings. The number of ether oxygens (including phenoxy) is 1. The molecule has 1 heterocycles. The molecule has 5 nitrogen and oxygen atoms in total. The van der Waals surface area contributed by atoms with Gasteiger partial charge in [0.25, 0.3) is 0 Å². The number of aliphatic hydroxyl groups is 1. The van der Waals surface area contributed by atoms with E-state index in [0.717, 1.165) is 18.4 Å². The molecule has 1 aliphatic rings. The van der Waals surface area contributed by atoms with Crippen molar-refractivity contribution in [1.29, 1.82) is 0 Å². The fraction of sp³-hybridized carbons (Fsp3) is 0.296. The predicted octanol–water partition coefficient (Wildman–Crippen LogP) is 4.92. The van der Waals surface area contributed by atoms with Crippen LogP contribution in [0.3, 0.4) is 0 Å². The van der Waals surface area contributed by atoms with Crippen molar-refractivity contribution < 1.29 is 19.5 Å². The van der Waals surface area contributed by atoms with Crippen LogP contribution in [0.2, 0.25) is 0 Å². The number of nitrogens with zero attached hydrogens (tertiary/aromatic N) is 1. The first kappa shape index (κ1) is 22.1. The summed E-state index contributed by atoms with van der Waals surface area (Å²) in [6.45, 7) is 3.06. The van der Waals surface area contributed by atoms with E-state index in [1.165, 1.54) is 16.2 Å². The Morgan fingerprint density at radius 1 is 0.969 bits per heavy atom. The quantitative estimate of drug-likeness (QED) is 0.575. The van der Waals surface area contributed by atoms with Crippen molar-refractivity contribution in [3.63, 3.8) is 0 Å². The van der Waals surface area contributed by atoms with Gasteiger partial charge < -0.3 is 14.7 Å². The van der Waals surface area contributed by atoms with Gasteiger partial charge in [0, 0.05) is 6.54 Å². The number of benzene rings is 3. The summed E-state index contributed by atoms with van der Waals surface area (Å²) in [5.74, 6) is 0.571. The van der Waals surface area contributed by atoms with E-state index in [9.17, 15) is 9.90 Å². The molecular formula is C27H29NO4. The molecular weight excluding hydrogens is 402 g/mol. The summed E-state index contributed by atoms with van der Waals surface area (Å²) in [4.78, 5) is 18.0. The second-order valence-electron chi connectivity index (χ2n) is 8.38. The molecule has 5 heteroatoms. The molecule has 4 rings (SSSR count). The topological polar surface area (TPSA) is 59.0 Å². The second kappa shape index (κ2) is 10.4. The van der Waals surface area contributed by atoms with E-state index in [0.29, 0.717) is 36.8 Å². The number of carbonyl (C=O) groups excluding carboxylic acids is 1. The normalized spacial score (nSPS) is 18.8. The second-order valence-corrected chi connectivity index (χ2v) is 8.38. The van der Waals surface area contributed by atoms with Gasteiger partial charge in [-0.05, 0) is 67.5 Å². The van der Waals surface area contributed by atoms with Crippen molar-refractivity contribution in [3.05, 3.63) is 101 Å². The van der Waals surface area contributed by atoms with E-state index >= 15 is 0 Å². The number of hydrogen-bond donors (Lipinski definition) is 1. The van der Waals surface area contributed by atoms with Crippen molar-refractivity contribution in [2.45, 2.75) is 39.0 Å². The SMILES string of the molecule is Cc1ccc(CC2CCN(OC(=O)c3ccc(OCc4ccccc4)cc3)C(O)C2)cc1. The minimum Gasteiger partial charge on any atom is -0.489 e. The summed E-state index contributed by atoms with van der Waals surface area (Å²) in [7, 11) is 0. The van der Waals surface area contributed by atoms with Gasteiger partial charge in [-0.2, -0.15) is 0 Å². The summed E-state index contributed by atoms with van der Waals surface area (Å²) in [6.07, 6.45) is 1.57. The molecule has 0 radical (unpaired) electrons. The number of carbonyl (C=O) groups is 1. The Kier molecular flexibility index (Phi) is 7.20. The molecule has 0 amide bonds. The third-order valence-corrected chi connectivity index (χ3v) is 5.82. The molecule has 3 aromatic rings. The van der Waals surface area contributed by atoms with Gasteiger partial charge >= 0.3 is 5.97 Å². The lowest BCUT2D eigenvalue weighted by Gasteiger charge is -2.34. The van der Waals surface area contributed by atoms with Gasteiger partial charge in [0.15, 0.2) is 0 Å². The van der Waals surface area contributed by atoms with E-state index in [1.54, 1.807) is 24.3 Å². The van der Waals surface area contributed by atoms with Crippen molar-refractivity contribution >= 4 is 5.97 Å². The van der Waals surface area contributed by atoms with Crippen LogP contribution in [0.1, 0.15) is 39.9 Å². The number of aryl methyl sites for hydroxylation is 1. The first-order valence-electron chi connectivity index (χ1n) is 11.1. The lowest BCUT2D eigenvalue weighted by Crippen LogP contribution is -2.44. The Labute approximate surface area is 189 Å². The summed E-state index contributed by atoms with van der Waals surface area (Å²) in [6, 6.07) is 25.3. The molecule has 0 aliphatic carbocycles. The highest BCUT2D eigenvalue weighted by Crippen LogP contribution is 2.26.